The van der Waals surface area contributed by atoms with Crippen molar-refractivity contribution in [2.24, 2.45) is 0 Å². The summed E-state index contributed by atoms with van der Waals surface area (Å²) in [7, 11) is 0. The third kappa shape index (κ3) is 3.70. The summed E-state index contributed by atoms with van der Waals surface area (Å²) in [5, 5.41) is 5.15. The second kappa shape index (κ2) is 7.54. The Balaban J connectivity index is 1.74. The molecule has 0 saturated carbocycles. The Morgan fingerprint density at radius 1 is 1.32 bits per heavy atom. The van der Waals surface area contributed by atoms with Crippen LogP contribution in [-0.4, -0.2) is 41.2 Å². The highest BCUT2D eigenvalue weighted by Gasteiger charge is 2.26. The molecule has 1 saturated heterocycles. The number of rotatable bonds is 6. The number of aromatic nitrogens is 1. The molecule has 0 aromatic carbocycles. The van der Waals surface area contributed by atoms with Crippen LogP contribution in [0.3, 0.4) is 0 Å². The smallest absolute Gasteiger partial charge is 0.268 e. The first-order chi connectivity index (χ1) is 12.0. The van der Waals surface area contributed by atoms with Crippen molar-refractivity contribution in [2.75, 3.05) is 19.6 Å². The van der Waals surface area contributed by atoms with Crippen molar-refractivity contribution in [3.05, 3.63) is 44.9 Å². The molecule has 2 aromatic heterocycles. The van der Waals surface area contributed by atoms with Gasteiger partial charge in [0.1, 0.15) is 5.69 Å². The largest absolute Gasteiger partial charge is 0.354 e. The van der Waals surface area contributed by atoms with E-state index in [1.807, 2.05) is 13.8 Å². The second-order valence-electron chi connectivity index (χ2n) is 6.67. The van der Waals surface area contributed by atoms with E-state index in [4.69, 9.17) is 0 Å². The molecule has 0 aliphatic carbocycles. The number of nitrogens with one attached hydrogen (secondary N) is 2. The number of thiophene rings is 1. The molecular formula is C19H25N3O2S. The van der Waals surface area contributed by atoms with Crippen molar-refractivity contribution in [1.29, 1.82) is 0 Å². The number of hydrogen-bond acceptors (Lipinski definition) is 4. The normalized spacial score (nSPS) is 16.1. The van der Waals surface area contributed by atoms with Gasteiger partial charge in [0.2, 0.25) is 0 Å². The molecule has 3 heterocycles. The highest BCUT2D eigenvalue weighted by molar-refractivity contribution is 7.10. The summed E-state index contributed by atoms with van der Waals surface area (Å²) in [5.74, 6) is -0.160. The number of aryl methyl sites for hydroxylation is 1. The van der Waals surface area contributed by atoms with E-state index >= 15 is 0 Å². The zero-order chi connectivity index (χ0) is 18.0. The molecule has 5 nitrogen and oxygen atoms in total. The fraction of sp³-hybridized carbons (Fsp3) is 0.474. The summed E-state index contributed by atoms with van der Waals surface area (Å²) >= 11 is 1.73. The molecule has 2 N–H and O–H groups in total. The first kappa shape index (κ1) is 17.9. The van der Waals surface area contributed by atoms with Crippen molar-refractivity contribution in [1.82, 2.24) is 15.2 Å². The fourth-order valence-corrected chi connectivity index (χ4v) is 4.59. The van der Waals surface area contributed by atoms with E-state index in [0.29, 0.717) is 17.8 Å². The van der Waals surface area contributed by atoms with Crippen LogP contribution in [0.15, 0.2) is 17.5 Å². The number of H-pyrrole nitrogens is 1. The number of carbonyl (C=O) groups is 2. The highest BCUT2D eigenvalue weighted by atomic mass is 32.1. The summed E-state index contributed by atoms with van der Waals surface area (Å²) < 4.78 is 0. The van der Waals surface area contributed by atoms with Gasteiger partial charge in [-0.1, -0.05) is 6.07 Å². The van der Waals surface area contributed by atoms with Gasteiger partial charge in [-0.15, -0.1) is 11.3 Å². The van der Waals surface area contributed by atoms with Crippen LogP contribution in [0, 0.1) is 13.8 Å². The predicted octanol–water partition coefficient (Wildman–Crippen LogP) is 3.46. The number of nitrogens with zero attached hydrogens (tertiary/aromatic N) is 1. The number of carbonyl (C=O) groups excluding carboxylic acids is 2. The maximum atomic E-state index is 12.7. The van der Waals surface area contributed by atoms with E-state index in [2.05, 4.69) is 32.7 Å². The van der Waals surface area contributed by atoms with Crippen LogP contribution >= 0.6 is 11.3 Å². The first-order valence-corrected chi connectivity index (χ1v) is 9.62. The number of aromatic amines is 1. The monoisotopic (exact) mass is 359 g/mol. The molecule has 0 spiro atoms. The third-order valence-corrected chi connectivity index (χ3v) is 5.90. The van der Waals surface area contributed by atoms with Gasteiger partial charge in [-0.05, 0) is 63.7 Å². The number of Topliss-reactive ketones (excluding diaryl/α,β-unsaturated/α-hetero) is 1. The van der Waals surface area contributed by atoms with Gasteiger partial charge in [0.05, 0.1) is 6.04 Å². The van der Waals surface area contributed by atoms with Crippen LogP contribution in [0.5, 0.6) is 0 Å². The van der Waals surface area contributed by atoms with Crippen LogP contribution < -0.4 is 5.32 Å². The SMILES string of the molecule is CC(=O)c1c(C)[nH]c(C(=O)NC[C@H](c2cccs2)N2CCCC2)c1C. The molecule has 1 fully saturated rings. The lowest BCUT2D eigenvalue weighted by atomic mass is 10.1. The Morgan fingerprint density at radius 2 is 2.04 bits per heavy atom. The molecular weight excluding hydrogens is 334 g/mol. The van der Waals surface area contributed by atoms with Gasteiger partial charge in [-0.25, -0.2) is 0 Å². The molecule has 134 valence electrons. The Bertz CT molecular complexity index is 758. The highest BCUT2D eigenvalue weighted by Crippen LogP contribution is 2.28. The summed E-state index contributed by atoms with van der Waals surface area (Å²) in [6, 6.07) is 4.41. The lowest BCUT2D eigenvalue weighted by Crippen LogP contribution is -2.36. The van der Waals surface area contributed by atoms with Crippen LogP contribution in [-0.2, 0) is 0 Å². The lowest BCUT2D eigenvalue weighted by molar-refractivity contribution is 0.0933. The molecule has 6 heteroatoms. The van der Waals surface area contributed by atoms with E-state index < -0.39 is 0 Å². The minimum Gasteiger partial charge on any atom is -0.354 e. The van der Waals surface area contributed by atoms with Gasteiger partial charge in [0.15, 0.2) is 5.78 Å². The molecule has 1 amide bonds. The molecule has 0 unspecified atom stereocenters. The van der Waals surface area contributed by atoms with Gasteiger partial charge >= 0.3 is 0 Å². The average Bonchev–Trinajstić information content (AvgIpc) is 3.29. The van der Waals surface area contributed by atoms with Crippen molar-refractivity contribution >= 4 is 23.0 Å². The zero-order valence-electron chi connectivity index (χ0n) is 15.0. The van der Waals surface area contributed by atoms with E-state index in [-0.39, 0.29) is 17.7 Å². The molecule has 25 heavy (non-hydrogen) atoms. The summed E-state index contributed by atoms with van der Waals surface area (Å²) in [6.07, 6.45) is 2.43. The molecule has 1 aliphatic rings. The Kier molecular flexibility index (Phi) is 5.39. The second-order valence-corrected chi connectivity index (χ2v) is 7.64. The average molecular weight is 359 g/mol. The van der Waals surface area contributed by atoms with E-state index in [1.165, 1.54) is 24.6 Å². The Labute approximate surface area is 152 Å². The molecule has 0 radical (unpaired) electrons. The fourth-order valence-electron chi connectivity index (χ4n) is 3.73. The maximum Gasteiger partial charge on any atom is 0.268 e. The minimum atomic E-state index is -0.145. The van der Waals surface area contributed by atoms with Gasteiger partial charge in [0, 0.05) is 22.7 Å². The Morgan fingerprint density at radius 3 is 2.60 bits per heavy atom. The van der Waals surface area contributed by atoms with Crippen molar-refractivity contribution in [3.63, 3.8) is 0 Å². The summed E-state index contributed by atoms with van der Waals surface area (Å²) in [6.45, 7) is 7.92. The van der Waals surface area contributed by atoms with Crippen LogP contribution in [0.2, 0.25) is 0 Å². The Hall–Kier alpha value is -1.92. The number of hydrogen-bond donors (Lipinski definition) is 2. The van der Waals surface area contributed by atoms with Crippen LogP contribution in [0.25, 0.3) is 0 Å². The van der Waals surface area contributed by atoms with Crippen molar-refractivity contribution in [2.45, 2.75) is 39.7 Å². The molecule has 3 rings (SSSR count). The maximum absolute atomic E-state index is 12.7. The van der Waals surface area contributed by atoms with Gasteiger partial charge < -0.3 is 10.3 Å². The number of amides is 1. The summed E-state index contributed by atoms with van der Waals surface area (Å²) in [4.78, 5) is 31.2. The van der Waals surface area contributed by atoms with Crippen molar-refractivity contribution < 1.29 is 9.59 Å². The topological polar surface area (TPSA) is 65.2 Å². The molecule has 0 bridgehead atoms. The quantitative estimate of drug-likeness (QED) is 0.776. The molecule has 1 atom stereocenters. The summed E-state index contributed by atoms with van der Waals surface area (Å²) in [5.41, 5.74) is 2.61. The van der Waals surface area contributed by atoms with E-state index in [9.17, 15) is 9.59 Å². The van der Waals surface area contributed by atoms with Gasteiger partial charge in [-0.2, -0.15) is 0 Å². The first-order valence-electron chi connectivity index (χ1n) is 8.74. The van der Waals surface area contributed by atoms with Crippen molar-refractivity contribution in [3.8, 4) is 0 Å². The zero-order valence-corrected chi connectivity index (χ0v) is 15.8. The predicted molar refractivity (Wildman–Crippen MR) is 100 cm³/mol. The molecule has 2 aromatic rings. The number of likely N-dealkylation sites (tertiary alicyclic amines) is 1. The van der Waals surface area contributed by atoms with Gasteiger partial charge in [-0.3, -0.25) is 14.5 Å². The lowest BCUT2D eigenvalue weighted by Gasteiger charge is -2.26. The van der Waals surface area contributed by atoms with Crippen LogP contribution in [0.4, 0.5) is 0 Å². The van der Waals surface area contributed by atoms with Crippen LogP contribution in [0.1, 0.15) is 62.8 Å². The van der Waals surface area contributed by atoms with E-state index in [0.717, 1.165) is 24.3 Å². The third-order valence-electron chi connectivity index (χ3n) is 4.93. The van der Waals surface area contributed by atoms with Gasteiger partial charge in [0.25, 0.3) is 5.91 Å². The molecule has 1 aliphatic heterocycles. The number of ketones is 1. The minimum absolute atomic E-state index is 0.0150. The standard InChI is InChI=1S/C19H25N3O2S/c1-12-17(14(3)23)13(2)21-18(12)19(24)20-11-15(16-7-6-10-25-16)22-8-4-5-9-22/h6-7,10,15,21H,4-5,8-9,11H2,1-3H3,(H,20,24)/t15-/m1/s1. The van der Waals surface area contributed by atoms with E-state index in [1.54, 1.807) is 11.3 Å².